The molecule has 0 saturated heterocycles. The fourth-order valence-corrected chi connectivity index (χ4v) is 4.07. The van der Waals surface area contributed by atoms with E-state index in [1.807, 2.05) is 36.4 Å². The number of anilines is 3. The number of nitrogens with one attached hydrogen (secondary N) is 2. The molecule has 0 spiro atoms. The maximum absolute atomic E-state index is 11.6. The van der Waals surface area contributed by atoms with Gasteiger partial charge in [0.15, 0.2) is 5.65 Å². The molecule has 1 fully saturated rings. The van der Waals surface area contributed by atoms with Gasteiger partial charge in [-0.25, -0.2) is 0 Å². The number of hydrogen-bond acceptors (Lipinski definition) is 6. The smallest absolute Gasteiger partial charge is 0.247 e. The van der Waals surface area contributed by atoms with Gasteiger partial charge >= 0.3 is 0 Å². The summed E-state index contributed by atoms with van der Waals surface area (Å²) in [6.45, 7) is 0.878. The average Bonchev–Trinajstić information content (AvgIpc) is 3.26. The molecular weight excluding hydrogens is 356 g/mol. The molecule has 1 aliphatic heterocycles. The van der Waals surface area contributed by atoms with Crippen molar-refractivity contribution in [1.29, 1.82) is 0 Å². The Bertz CT molecular complexity index is 1040. The third-order valence-corrected chi connectivity index (χ3v) is 5.56. The largest absolute Gasteiger partial charge is 0.393 e. The first-order chi connectivity index (χ1) is 13.6. The van der Waals surface area contributed by atoms with Crippen LogP contribution in [0.4, 0.5) is 17.5 Å². The number of hydrogen-bond donors (Lipinski definition) is 3. The van der Waals surface area contributed by atoms with Gasteiger partial charge in [-0.1, -0.05) is 6.07 Å². The Labute approximate surface area is 162 Å². The number of benzene rings is 1. The molecule has 5 rings (SSSR count). The molecule has 0 unspecified atom stereocenters. The van der Waals surface area contributed by atoms with E-state index >= 15 is 0 Å². The number of fused-ring (bicyclic) bond motifs is 2. The first kappa shape index (κ1) is 17.1. The van der Waals surface area contributed by atoms with E-state index < -0.39 is 0 Å². The topological polar surface area (TPSA) is 94.6 Å². The van der Waals surface area contributed by atoms with Crippen molar-refractivity contribution in [3.63, 3.8) is 0 Å². The number of aliphatic hydroxyl groups excluding tert-OH is 1. The molecule has 1 aliphatic carbocycles. The zero-order chi connectivity index (χ0) is 19.1. The molecule has 0 amide bonds. The van der Waals surface area contributed by atoms with Gasteiger partial charge in [0.1, 0.15) is 5.82 Å². The van der Waals surface area contributed by atoms with E-state index in [9.17, 15) is 10.0 Å². The lowest BCUT2D eigenvalue weighted by atomic mass is 9.93. The molecule has 3 heterocycles. The van der Waals surface area contributed by atoms with Gasteiger partial charge in [0.2, 0.25) is 19.0 Å². The molecule has 0 bridgehead atoms. The molecular formula is C20H23N6O2+. The van der Waals surface area contributed by atoms with E-state index in [2.05, 4.69) is 20.7 Å². The lowest BCUT2D eigenvalue weighted by Crippen LogP contribution is -2.29. The van der Waals surface area contributed by atoms with Crippen molar-refractivity contribution in [3.05, 3.63) is 52.4 Å². The molecule has 0 radical (unpaired) electrons. The minimum absolute atomic E-state index is 0.169. The summed E-state index contributed by atoms with van der Waals surface area (Å²) in [6.07, 6.45) is 3.39. The minimum Gasteiger partial charge on any atom is -0.393 e. The molecule has 0 atom stereocenters. The number of pyridine rings is 1. The summed E-state index contributed by atoms with van der Waals surface area (Å²) in [5, 5.41) is 21.1. The second-order valence-corrected chi connectivity index (χ2v) is 7.67. The van der Waals surface area contributed by atoms with Gasteiger partial charge in [0.05, 0.1) is 6.10 Å². The first-order valence-corrected chi connectivity index (χ1v) is 9.75. The maximum atomic E-state index is 11.6. The van der Waals surface area contributed by atoms with Gasteiger partial charge in [-0.05, 0) is 56.0 Å². The molecule has 28 heavy (non-hydrogen) atoms. The first-order valence-electron chi connectivity index (χ1n) is 9.75. The highest BCUT2D eigenvalue weighted by atomic mass is 16.3. The van der Waals surface area contributed by atoms with Crippen LogP contribution in [0.25, 0.3) is 5.65 Å². The monoisotopic (exact) mass is 379 g/mol. The van der Waals surface area contributed by atoms with E-state index in [1.54, 1.807) is 4.52 Å². The van der Waals surface area contributed by atoms with Gasteiger partial charge < -0.3 is 15.7 Å². The van der Waals surface area contributed by atoms with Gasteiger partial charge in [0.25, 0.3) is 0 Å². The Morgan fingerprint density at radius 1 is 1.07 bits per heavy atom. The summed E-state index contributed by atoms with van der Waals surface area (Å²) in [6, 6.07) is 12.1. The van der Waals surface area contributed by atoms with Gasteiger partial charge in [-0.15, -0.1) is 5.10 Å². The molecule has 2 aliphatic rings. The highest BCUT2D eigenvalue weighted by Gasteiger charge is 2.25. The van der Waals surface area contributed by atoms with Crippen LogP contribution in [-0.4, -0.2) is 36.6 Å². The van der Waals surface area contributed by atoms with Crippen molar-refractivity contribution in [2.24, 2.45) is 0 Å². The molecule has 8 heteroatoms. The Morgan fingerprint density at radius 3 is 2.75 bits per heavy atom. The van der Waals surface area contributed by atoms with Crippen LogP contribution in [0.1, 0.15) is 36.8 Å². The van der Waals surface area contributed by atoms with Crippen molar-refractivity contribution in [2.45, 2.75) is 50.9 Å². The van der Waals surface area contributed by atoms with E-state index in [4.69, 9.17) is 0 Å². The van der Waals surface area contributed by atoms with Crippen molar-refractivity contribution in [1.82, 2.24) is 14.6 Å². The third kappa shape index (κ3) is 3.31. The number of nitroso groups, excluding NO2 is 1. The zero-order valence-corrected chi connectivity index (χ0v) is 15.5. The van der Waals surface area contributed by atoms with Gasteiger partial charge in [-0.2, -0.15) is 9.50 Å². The molecule has 144 valence electrons. The third-order valence-electron chi connectivity index (χ3n) is 5.56. The van der Waals surface area contributed by atoms with Crippen molar-refractivity contribution >= 4 is 23.1 Å². The van der Waals surface area contributed by atoms with E-state index in [0.717, 1.165) is 58.7 Å². The van der Waals surface area contributed by atoms with E-state index in [-0.39, 0.29) is 6.10 Å². The SMILES string of the molecule is O=[N+]1Cc2ccc(Nc3nc4cccc(NC5CCC(O)CC5)n4n3)cc2C1. The summed E-state index contributed by atoms with van der Waals surface area (Å²) in [4.78, 5) is 16.1. The van der Waals surface area contributed by atoms with E-state index in [1.165, 1.54) is 0 Å². The van der Waals surface area contributed by atoms with Crippen LogP contribution in [-0.2, 0) is 13.1 Å². The lowest BCUT2D eigenvalue weighted by Gasteiger charge is -2.26. The standard InChI is InChI=1S/C20H23N6O2/c27-17-8-6-15(7-9-17)21-18-2-1-3-19-23-20(24-26(18)19)22-16-5-4-13-11-25(28)12-14(13)10-16/h1-5,10,15,17,21,27H,6-9,11-12H2,(H,22,24)/q+1. The molecule has 3 N–H and O–H groups in total. The second kappa shape index (κ2) is 6.87. The number of rotatable bonds is 4. The molecule has 8 nitrogen and oxygen atoms in total. The summed E-state index contributed by atoms with van der Waals surface area (Å²) in [5.74, 6) is 1.42. The Kier molecular flexibility index (Phi) is 4.20. The highest BCUT2D eigenvalue weighted by molar-refractivity contribution is 5.59. The fraction of sp³-hybridized carbons (Fsp3) is 0.400. The average molecular weight is 379 g/mol. The second-order valence-electron chi connectivity index (χ2n) is 7.67. The zero-order valence-electron chi connectivity index (χ0n) is 15.5. The summed E-state index contributed by atoms with van der Waals surface area (Å²) < 4.78 is 2.86. The summed E-state index contributed by atoms with van der Waals surface area (Å²) >= 11 is 0. The Morgan fingerprint density at radius 2 is 1.89 bits per heavy atom. The summed E-state index contributed by atoms with van der Waals surface area (Å²) in [7, 11) is 0. The normalized spacial score (nSPS) is 21.7. The van der Waals surface area contributed by atoms with Crippen LogP contribution in [0.5, 0.6) is 0 Å². The molecule has 3 aromatic rings. The van der Waals surface area contributed by atoms with Crippen molar-refractivity contribution in [3.8, 4) is 0 Å². The maximum Gasteiger partial charge on any atom is 0.247 e. The molecule has 1 saturated carbocycles. The molecule has 1 aromatic carbocycles. The fourth-order valence-electron chi connectivity index (χ4n) is 4.07. The van der Waals surface area contributed by atoms with Crippen LogP contribution < -0.4 is 10.6 Å². The summed E-state index contributed by atoms with van der Waals surface area (Å²) in [5.41, 5.74) is 3.76. The predicted octanol–water partition coefficient (Wildman–Crippen LogP) is 2.98. The van der Waals surface area contributed by atoms with Crippen molar-refractivity contribution in [2.75, 3.05) is 10.6 Å². The van der Waals surface area contributed by atoms with Crippen LogP contribution in [0.2, 0.25) is 0 Å². The number of aliphatic hydroxyl groups is 1. The van der Waals surface area contributed by atoms with Crippen LogP contribution in [0.3, 0.4) is 0 Å². The Balaban J connectivity index is 1.37. The Hall–Kier alpha value is -3.00. The number of aromatic nitrogens is 3. The van der Waals surface area contributed by atoms with E-state index in [0.29, 0.717) is 25.1 Å². The minimum atomic E-state index is -0.169. The predicted molar refractivity (Wildman–Crippen MR) is 106 cm³/mol. The van der Waals surface area contributed by atoms with Crippen molar-refractivity contribution < 1.29 is 9.87 Å². The molecule has 2 aromatic heterocycles. The van der Waals surface area contributed by atoms with Crippen LogP contribution >= 0.6 is 0 Å². The quantitative estimate of drug-likeness (QED) is 0.604. The van der Waals surface area contributed by atoms with Gasteiger partial charge in [0, 0.05) is 32.5 Å². The lowest BCUT2D eigenvalue weighted by molar-refractivity contribution is -0.569. The number of nitrogens with zero attached hydrogens (tertiary/aromatic N) is 4. The van der Waals surface area contributed by atoms with Crippen LogP contribution in [0.15, 0.2) is 36.4 Å². The van der Waals surface area contributed by atoms with Gasteiger partial charge in [-0.3, -0.25) is 0 Å². The highest BCUT2D eigenvalue weighted by Crippen LogP contribution is 2.26. The van der Waals surface area contributed by atoms with Crippen LogP contribution in [0, 0.1) is 4.91 Å².